The van der Waals surface area contributed by atoms with E-state index in [9.17, 15) is 19.1 Å². The summed E-state index contributed by atoms with van der Waals surface area (Å²) in [5.41, 5.74) is 0.831. The monoisotopic (exact) mass is 473 g/mol. The van der Waals surface area contributed by atoms with Crippen molar-refractivity contribution in [2.24, 2.45) is 23.2 Å². The second kappa shape index (κ2) is 7.92. The summed E-state index contributed by atoms with van der Waals surface area (Å²) in [6, 6.07) is 0.657. The first-order chi connectivity index (χ1) is 16.2. The van der Waals surface area contributed by atoms with Gasteiger partial charge in [0.05, 0.1) is 18.2 Å². The lowest BCUT2D eigenvalue weighted by Gasteiger charge is -2.56. The van der Waals surface area contributed by atoms with Gasteiger partial charge in [-0.1, -0.05) is 0 Å². The summed E-state index contributed by atoms with van der Waals surface area (Å²) < 4.78 is 35.9. The van der Waals surface area contributed by atoms with Crippen LogP contribution in [0.15, 0.2) is 12.1 Å². The fourth-order valence-corrected chi connectivity index (χ4v) is 7.94. The first-order valence-electron chi connectivity index (χ1n) is 12.9. The van der Waals surface area contributed by atoms with E-state index in [0.717, 1.165) is 41.1 Å². The minimum Gasteiger partial charge on any atom is -0.493 e. The van der Waals surface area contributed by atoms with Crippen LogP contribution < -0.4 is 4.74 Å². The number of hydrogen-bond donors (Lipinski definition) is 1. The van der Waals surface area contributed by atoms with Crippen LogP contribution in [-0.2, 0) is 4.79 Å². The number of carbonyl (C=O) groups excluding carboxylic acids is 1. The standard InChI is InChI=1S/C27H33F2NO4/c1-14-21(28)8-23(26(32)33)30(14)25(31)20-7-19(18-2-3-18)24(9-22(20)29)34-13-27-10-15-4-16(11-27)6-17(5-15)12-27/h7,9,14-18,21,23H,2-6,8,10-13H2,1H3,(H,32,33)/t14-,15?,16?,17?,21+,23-,27?/m0/s1. The molecular weight excluding hydrogens is 440 g/mol. The van der Waals surface area contributed by atoms with Crippen molar-refractivity contribution in [3.63, 3.8) is 0 Å². The molecule has 7 rings (SSSR count). The predicted octanol–water partition coefficient (Wildman–Crippen LogP) is 5.32. The van der Waals surface area contributed by atoms with Crippen LogP contribution in [0, 0.1) is 29.0 Å². The molecule has 1 aliphatic heterocycles. The predicted molar refractivity (Wildman–Crippen MR) is 121 cm³/mol. The number of halogens is 2. The molecule has 0 unspecified atom stereocenters. The van der Waals surface area contributed by atoms with Gasteiger partial charge in [0, 0.05) is 17.9 Å². The van der Waals surface area contributed by atoms with Gasteiger partial charge in [-0.25, -0.2) is 13.6 Å². The third-order valence-corrected chi connectivity index (χ3v) is 9.31. The molecule has 1 amide bonds. The van der Waals surface area contributed by atoms with E-state index in [-0.39, 0.29) is 23.3 Å². The second-order valence-electron chi connectivity index (χ2n) is 11.9. The number of likely N-dealkylation sites (tertiary alicyclic amines) is 1. The quantitative estimate of drug-likeness (QED) is 0.607. The topological polar surface area (TPSA) is 66.8 Å². The van der Waals surface area contributed by atoms with Crippen molar-refractivity contribution >= 4 is 11.9 Å². The molecule has 1 saturated heterocycles. The first kappa shape index (κ1) is 22.3. The number of nitrogens with zero attached hydrogens (tertiary/aromatic N) is 1. The van der Waals surface area contributed by atoms with Crippen LogP contribution in [0.5, 0.6) is 5.75 Å². The number of carboxylic acids is 1. The van der Waals surface area contributed by atoms with Gasteiger partial charge in [-0.05, 0) is 93.6 Å². The number of carboxylic acid groups (broad SMARTS) is 1. The Morgan fingerprint density at radius 2 is 1.71 bits per heavy atom. The number of benzene rings is 1. The van der Waals surface area contributed by atoms with Gasteiger partial charge >= 0.3 is 5.97 Å². The van der Waals surface area contributed by atoms with Gasteiger partial charge in [0.1, 0.15) is 23.8 Å². The molecule has 3 atom stereocenters. The van der Waals surface area contributed by atoms with Crippen molar-refractivity contribution < 1.29 is 28.2 Å². The van der Waals surface area contributed by atoms with Crippen molar-refractivity contribution in [2.75, 3.05) is 6.61 Å². The molecule has 34 heavy (non-hydrogen) atoms. The van der Waals surface area contributed by atoms with Crippen LogP contribution in [0.1, 0.15) is 86.6 Å². The maximum atomic E-state index is 15.3. The Bertz CT molecular complexity index is 987. The lowest BCUT2D eigenvalue weighted by molar-refractivity contribution is -0.141. The zero-order chi connectivity index (χ0) is 23.8. The minimum absolute atomic E-state index is 0.184. The Hall–Kier alpha value is -2.18. The third-order valence-electron chi connectivity index (χ3n) is 9.31. The van der Waals surface area contributed by atoms with Gasteiger partial charge < -0.3 is 14.7 Å². The third kappa shape index (κ3) is 3.70. The summed E-state index contributed by atoms with van der Waals surface area (Å²) >= 11 is 0. The highest BCUT2D eigenvalue weighted by atomic mass is 19.1. The van der Waals surface area contributed by atoms with Gasteiger partial charge in [0.2, 0.25) is 0 Å². The average molecular weight is 474 g/mol. The van der Waals surface area contributed by atoms with E-state index in [1.165, 1.54) is 51.5 Å². The van der Waals surface area contributed by atoms with E-state index in [1.807, 2.05) is 0 Å². The molecule has 5 aliphatic carbocycles. The number of alkyl halides is 1. The summed E-state index contributed by atoms with van der Waals surface area (Å²) in [7, 11) is 0. The van der Waals surface area contributed by atoms with E-state index >= 15 is 4.39 Å². The zero-order valence-electron chi connectivity index (χ0n) is 19.6. The van der Waals surface area contributed by atoms with Gasteiger partial charge in [-0.15, -0.1) is 0 Å². The van der Waals surface area contributed by atoms with Crippen molar-refractivity contribution in [3.8, 4) is 5.75 Å². The maximum Gasteiger partial charge on any atom is 0.326 e. The van der Waals surface area contributed by atoms with E-state index in [1.54, 1.807) is 6.07 Å². The summed E-state index contributed by atoms with van der Waals surface area (Å²) in [5.74, 6) is 0.397. The van der Waals surface area contributed by atoms with Crippen LogP contribution in [0.25, 0.3) is 0 Å². The molecule has 0 aromatic heterocycles. The van der Waals surface area contributed by atoms with Crippen LogP contribution in [-0.4, -0.2) is 46.7 Å². The summed E-state index contributed by atoms with van der Waals surface area (Å²) in [6.07, 6.45) is 7.84. The Balaban J connectivity index is 1.26. The van der Waals surface area contributed by atoms with Crippen LogP contribution in [0.3, 0.4) is 0 Å². The van der Waals surface area contributed by atoms with E-state index in [2.05, 4.69) is 0 Å². The SMILES string of the molecule is C[C@H]1[C@H](F)C[C@@H](C(=O)O)N1C(=O)c1cc(C2CC2)c(OCC23CC4CC(CC(C4)C2)C3)cc1F. The fraction of sp³-hybridized carbons (Fsp3) is 0.704. The number of aliphatic carboxylic acids is 1. The zero-order valence-corrected chi connectivity index (χ0v) is 19.6. The molecule has 0 spiro atoms. The molecule has 6 aliphatic rings. The van der Waals surface area contributed by atoms with Gasteiger partial charge in [-0.2, -0.15) is 0 Å². The number of hydrogen-bond acceptors (Lipinski definition) is 3. The highest BCUT2D eigenvalue weighted by Crippen LogP contribution is 2.60. The molecule has 5 nitrogen and oxygen atoms in total. The molecule has 1 aromatic rings. The molecule has 6 fully saturated rings. The molecule has 7 heteroatoms. The fourth-order valence-electron chi connectivity index (χ4n) is 7.94. The van der Waals surface area contributed by atoms with Gasteiger partial charge in [0.25, 0.3) is 5.91 Å². The van der Waals surface area contributed by atoms with E-state index in [4.69, 9.17) is 4.74 Å². The van der Waals surface area contributed by atoms with Crippen molar-refractivity contribution in [1.29, 1.82) is 0 Å². The smallest absolute Gasteiger partial charge is 0.326 e. The Morgan fingerprint density at radius 1 is 1.09 bits per heavy atom. The summed E-state index contributed by atoms with van der Waals surface area (Å²) in [6.45, 7) is 2.07. The normalized spacial score (nSPS) is 38.4. The van der Waals surface area contributed by atoms with Crippen LogP contribution >= 0.6 is 0 Å². The van der Waals surface area contributed by atoms with Crippen molar-refractivity contribution in [2.45, 2.75) is 88.9 Å². The number of ether oxygens (including phenoxy) is 1. The number of carbonyl (C=O) groups is 2. The van der Waals surface area contributed by atoms with Gasteiger partial charge in [0.15, 0.2) is 0 Å². The molecule has 1 heterocycles. The Labute approximate surface area is 198 Å². The number of rotatable bonds is 6. The van der Waals surface area contributed by atoms with Crippen molar-refractivity contribution in [3.05, 3.63) is 29.1 Å². The number of amides is 1. The lowest BCUT2D eigenvalue weighted by Crippen LogP contribution is -2.48. The molecule has 0 radical (unpaired) electrons. The molecule has 4 bridgehead atoms. The molecular formula is C27H33F2NO4. The molecule has 1 aromatic carbocycles. The highest BCUT2D eigenvalue weighted by molar-refractivity contribution is 5.98. The van der Waals surface area contributed by atoms with Crippen molar-refractivity contribution in [1.82, 2.24) is 4.90 Å². The second-order valence-corrected chi connectivity index (χ2v) is 11.9. The van der Waals surface area contributed by atoms with E-state index < -0.39 is 35.9 Å². The molecule has 1 N–H and O–H groups in total. The minimum atomic E-state index is -1.45. The van der Waals surface area contributed by atoms with E-state index in [0.29, 0.717) is 12.4 Å². The summed E-state index contributed by atoms with van der Waals surface area (Å²) in [5, 5.41) is 9.49. The largest absolute Gasteiger partial charge is 0.493 e. The maximum absolute atomic E-state index is 15.3. The molecule has 184 valence electrons. The van der Waals surface area contributed by atoms with Gasteiger partial charge in [-0.3, -0.25) is 4.79 Å². The lowest BCUT2D eigenvalue weighted by atomic mass is 9.50. The Morgan fingerprint density at radius 3 is 2.26 bits per heavy atom. The average Bonchev–Trinajstić information content (AvgIpc) is 3.56. The Kier molecular flexibility index (Phi) is 5.19. The van der Waals surface area contributed by atoms with Crippen LogP contribution in [0.4, 0.5) is 8.78 Å². The first-order valence-corrected chi connectivity index (χ1v) is 12.9. The van der Waals surface area contributed by atoms with Crippen LogP contribution in [0.2, 0.25) is 0 Å². The molecule has 5 saturated carbocycles. The summed E-state index contributed by atoms with van der Waals surface area (Å²) in [4.78, 5) is 25.9. The highest BCUT2D eigenvalue weighted by Gasteiger charge is 2.51.